The zero-order chi connectivity index (χ0) is 22.5. The smallest absolute Gasteiger partial charge is 0.228 e. The molecule has 6 nitrogen and oxygen atoms in total. The summed E-state index contributed by atoms with van der Waals surface area (Å²) >= 11 is 0. The van der Waals surface area contributed by atoms with Crippen molar-refractivity contribution in [2.45, 2.75) is 45.8 Å². The van der Waals surface area contributed by atoms with Crippen LogP contribution < -0.4 is 4.74 Å². The number of hydrogen-bond donors (Lipinski definition) is 0. The van der Waals surface area contributed by atoms with Gasteiger partial charge in [0.25, 0.3) is 0 Å². The molecule has 0 radical (unpaired) electrons. The fraction of sp³-hybridized carbons (Fsp3) is 0.360. The Morgan fingerprint density at radius 2 is 1.97 bits per heavy atom. The SMILES string of the molecule is CCc1nn(-c2ccccc2)c(Oc2ccccc2F)c1CN(CC1CCCO1)C(C)=O. The number of para-hydroxylation sites is 2. The van der Waals surface area contributed by atoms with E-state index in [0.717, 1.165) is 36.4 Å². The largest absolute Gasteiger partial charge is 0.435 e. The number of halogens is 1. The molecule has 0 bridgehead atoms. The third-order valence-corrected chi connectivity index (χ3v) is 5.64. The Labute approximate surface area is 187 Å². The quantitative estimate of drug-likeness (QED) is 0.503. The van der Waals surface area contributed by atoms with E-state index in [2.05, 4.69) is 0 Å². The van der Waals surface area contributed by atoms with Gasteiger partial charge < -0.3 is 14.4 Å². The fourth-order valence-electron chi connectivity index (χ4n) is 3.93. The van der Waals surface area contributed by atoms with Gasteiger partial charge in [-0.3, -0.25) is 4.79 Å². The monoisotopic (exact) mass is 437 g/mol. The van der Waals surface area contributed by atoms with Crippen molar-refractivity contribution in [3.63, 3.8) is 0 Å². The van der Waals surface area contributed by atoms with E-state index in [4.69, 9.17) is 14.6 Å². The van der Waals surface area contributed by atoms with Gasteiger partial charge in [-0.05, 0) is 43.5 Å². The van der Waals surface area contributed by atoms with Gasteiger partial charge in [-0.25, -0.2) is 9.07 Å². The molecule has 3 aromatic rings. The lowest BCUT2D eigenvalue weighted by atomic mass is 10.1. The summed E-state index contributed by atoms with van der Waals surface area (Å²) in [5, 5.41) is 4.77. The van der Waals surface area contributed by atoms with E-state index in [1.54, 1.807) is 34.7 Å². The molecule has 0 aliphatic carbocycles. The molecule has 0 saturated carbocycles. The molecular weight excluding hydrogens is 409 g/mol. The lowest BCUT2D eigenvalue weighted by Crippen LogP contribution is -2.35. The summed E-state index contributed by atoms with van der Waals surface area (Å²) in [6.07, 6.45) is 2.62. The molecule has 1 atom stereocenters. The van der Waals surface area contributed by atoms with Gasteiger partial charge in [-0.2, -0.15) is 5.10 Å². The maximum Gasteiger partial charge on any atom is 0.228 e. The van der Waals surface area contributed by atoms with Crippen LogP contribution in [0.25, 0.3) is 5.69 Å². The van der Waals surface area contributed by atoms with Gasteiger partial charge in [0.15, 0.2) is 11.6 Å². The molecule has 168 valence electrons. The van der Waals surface area contributed by atoms with Crippen LogP contribution in [-0.4, -0.2) is 39.8 Å². The van der Waals surface area contributed by atoms with Crippen LogP contribution in [0.5, 0.6) is 11.6 Å². The van der Waals surface area contributed by atoms with Crippen molar-refractivity contribution in [1.82, 2.24) is 14.7 Å². The third-order valence-electron chi connectivity index (χ3n) is 5.64. The fourth-order valence-corrected chi connectivity index (χ4v) is 3.93. The normalized spacial score (nSPS) is 15.7. The highest BCUT2D eigenvalue weighted by Crippen LogP contribution is 2.33. The van der Waals surface area contributed by atoms with Crippen molar-refractivity contribution in [2.75, 3.05) is 13.2 Å². The molecule has 7 heteroatoms. The Morgan fingerprint density at radius 1 is 1.22 bits per heavy atom. The molecule has 1 saturated heterocycles. The minimum atomic E-state index is -0.458. The van der Waals surface area contributed by atoms with Gasteiger partial charge in [-0.1, -0.05) is 37.3 Å². The first-order valence-electron chi connectivity index (χ1n) is 11.0. The number of benzene rings is 2. The zero-order valence-electron chi connectivity index (χ0n) is 18.5. The van der Waals surface area contributed by atoms with Crippen LogP contribution in [0.15, 0.2) is 54.6 Å². The molecule has 1 aliphatic rings. The molecule has 4 rings (SSSR count). The zero-order valence-corrected chi connectivity index (χ0v) is 18.5. The summed E-state index contributed by atoms with van der Waals surface area (Å²) in [6.45, 7) is 5.11. The highest BCUT2D eigenvalue weighted by molar-refractivity contribution is 5.73. The van der Waals surface area contributed by atoms with E-state index >= 15 is 0 Å². The molecule has 1 aromatic heterocycles. The first kappa shape index (κ1) is 22.0. The van der Waals surface area contributed by atoms with Crippen LogP contribution in [-0.2, 0) is 22.5 Å². The average molecular weight is 438 g/mol. The van der Waals surface area contributed by atoms with E-state index in [9.17, 15) is 9.18 Å². The Bertz CT molecular complexity index is 1060. The second-order valence-electron chi connectivity index (χ2n) is 7.90. The molecular formula is C25H28FN3O3. The number of ether oxygens (including phenoxy) is 2. The van der Waals surface area contributed by atoms with Crippen molar-refractivity contribution in [3.8, 4) is 17.3 Å². The summed E-state index contributed by atoms with van der Waals surface area (Å²) in [7, 11) is 0. The highest BCUT2D eigenvalue weighted by Gasteiger charge is 2.26. The third kappa shape index (κ3) is 4.83. The van der Waals surface area contributed by atoms with Crippen LogP contribution in [0.4, 0.5) is 4.39 Å². The summed E-state index contributed by atoms with van der Waals surface area (Å²) < 4.78 is 28.0. The number of rotatable bonds is 8. The second kappa shape index (κ2) is 9.96. The Kier molecular flexibility index (Phi) is 6.85. The highest BCUT2D eigenvalue weighted by atomic mass is 19.1. The van der Waals surface area contributed by atoms with Gasteiger partial charge >= 0.3 is 0 Å². The van der Waals surface area contributed by atoms with Gasteiger partial charge in [0.1, 0.15) is 0 Å². The Morgan fingerprint density at radius 3 is 2.62 bits per heavy atom. The molecule has 32 heavy (non-hydrogen) atoms. The summed E-state index contributed by atoms with van der Waals surface area (Å²) in [4.78, 5) is 14.2. The standard InChI is InChI=1S/C25H28FN3O3/c1-3-23-21(17-28(18(2)30)16-20-12-9-15-31-20)25(32-24-14-8-7-13-22(24)26)29(27-23)19-10-5-4-6-11-19/h4-8,10-11,13-14,20H,3,9,12,15-17H2,1-2H3. The minimum absolute atomic E-state index is 0.0316. The van der Waals surface area contributed by atoms with E-state index in [1.165, 1.54) is 6.07 Å². The number of aromatic nitrogens is 2. The molecule has 1 amide bonds. The number of nitrogens with zero attached hydrogens (tertiary/aromatic N) is 3. The molecule has 2 heterocycles. The Balaban J connectivity index is 1.76. The summed E-state index contributed by atoms with van der Waals surface area (Å²) in [5.74, 6) is 0.0191. The van der Waals surface area contributed by atoms with Crippen LogP contribution in [0.2, 0.25) is 0 Å². The lowest BCUT2D eigenvalue weighted by Gasteiger charge is -2.24. The van der Waals surface area contributed by atoms with Crippen LogP contribution >= 0.6 is 0 Å². The number of amides is 1. The van der Waals surface area contributed by atoms with Crippen molar-refractivity contribution >= 4 is 5.91 Å². The van der Waals surface area contributed by atoms with Crippen molar-refractivity contribution in [1.29, 1.82) is 0 Å². The van der Waals surface area contributed by atoms with E-state index < -0.39 is 5.82 Å². The van der Waals surface area contributed by atoms with E-state index in [-0.39, 0.29) is 17.8 Å². The maximum atomic E-state index is 14.5. The first-order valence-corrected chi connectivity index (χ1v) is 11.0. The first-order chi connectivity index (χ1) is 15.6. The van der Waals surface area contributed by atoms with Crippen molar-refractivity contribution in [2.24, 2.45) is 0 Å². The molecule has 1 fully saturated rings. The molecule has 1 unspecified atom stereocenters. The maximum absolute atomic E-state index is 14.5. The summed E-state index contributed by atoms with van der Waals surface area (Å²) in [6, 6.07) is 15.9. The van der Waals surface area contributed by atoms with E-state index in [1.807, 2.05) is 37.3 Å². The van der Waals surface area contributed by atoms with Crippen LogP contribution in [0.3, 0.4) is 0 Å². The molecule has 1 aliphatic heterocycles. The molecule has 2 aromatic carbocycles. The topological polar surface area (TPSA) is 56.6 Å². The van der Waals surface area contributed by atoms with Crippen LogP contribution in [0, 0.1) is 5.82 Å². The van der Waals surface area contributed by atoms with Gasteiger partial charge in [0.05, 0.1) is 29.6 Å². The summed E-state index contributed by atoms with van der Waals surface area (Å²) in [5.41, 5.74) is 2.37. The number of hydrogen-bond acceptors (Lipinski definition) is 4. The molecule has 0 N–H and O–H groups in total. The predicted octanol–water partition coefficient (Wildman–Crippen LogP) is 4.89. The predicted molar refractivity (Wildman–Crippen MR) is 119 cm³/mol. The van der Waals surface area contributed by atoms with Gasteiger partial charge in [0.2, 0.25) is 11.8 Å². The van der Waals surface area contributed by atoms with Gasteiger partial charge in [-0.15, -0.1) is 0 Å². The average Bonchev–Trinajstić information content (AvgIpc) is 3.43. The molecule has 0 spiro atoms. The van der Waals surface area contributed by atoms with Crippen molar-refractivity contribution < 1.29 is 18.7 Å². The number of aryl methyl sites for hydroxylation is 1. The van der Waals surface area contributed by atoms with Gasteiger partial charge in [0, 0.05) is 20.1 Å². The minimum Gasteiger partial charge on any atom is -0.435 e. The van der Waals surface area contributed by atoms with Crippen LogP contribution in [0.1, 0.15) is 37.9 Å². The van der Waals surface area contributed by atoms with Crippen molar-refractivity contribution in [3.05, 3.63) is 71.7 Å². The second-order valence-corrected chi connectivity index (χ2v) is 7.90. The lowest BCUT2D eigenvalue weighted by molar-refractivity contribution is -0.131. The number of carbonyl (C=O) groups excluding carboxylic acids is 1. The number of carbonyl (C=O) groups is 1. The Hall–Kier alpha value is -3.19. The van der Waals surface area contributed by atoms with E-state index in [0.29, 0.717) is 25.4 Å².